The number of benzene rings is 2. The van der Waals surface area contributed by atoms with Crippen LogP contribution in [-0.2, 0) is 16.6 Å². The van der Waals surface area contributed by atoms with Crippen molar-refractivity contribution in [2.75, 3.05) is 13.2 Å². The lowest BCUT2D eigenvalue weighted by atomic mass is 9.87. The molecule has 0 saturated heterocycles. The molecule has 2 aromatic carbocycles. The van der Waals surface area contributed by atoms with Gasteiger partial charge in [0.1, 0.15) is 12.4 Å². The fraction of sp³-hybridized carbons (Fsp3) is 0.381. The van der Waals surface area contributed by atoms with E-state index in [0.717, 1.165) is 12.2 Å². The fourth-order valence-electron chi connectivity index (χ4n) is 2.40. The van der Waals surface area contributed by atoms with Gasteiger partial charge in [-0.1, -0.05) is 63.2 Å². The molecule has 0 fully saturated rings. The number of nitrogens with one attached hydrogen (secondary N) is 1. The molecule has 0 radical (unpaired) electrons. The van der Waals surface area contributed by atoms with E-state index in [1.54, 1.807) is 0 Å². The monoisotopic (exact) mass is 325 g/mol. The van der Waals surface area contributed by atoms with Crippen LogP contribution in [0.4, 0.5) is 0 Å². The first-order valence-electron chi connectivity index (χ1n) is 8.49. The lowest BCUT2D eigenvalue weighted by Crippen LogP contribution is -2.28. The molecule has 2 aromatic rings. The molecule has 0 spiro atoms. The Hall–Kier alpha value is -2.29. The number of hydrogen-bond donors (Lipinski definition) is 1. The summed E-state index contributed by atoms with van der Waals surface area (Å²) in [5.41, 5.74) is 2.61. The Bertz CT molecular complexity index is 627. The summed E-state index contributed by atoms with van der Waals surface area (Å²) in [6.07, 6.45) is 1.27. The van der Waals surface area contributed by atoms with Crippen LogP contribution in [0.1, 0.15) is 38.3 Å². The summed E-state index contributed by atoms with van der Waals surface area (Å²) in [6.45, 7) is 7.57. The minimum Gasteiger partial charge on any atom is -0.492 e. The zero-order valence-electron chi connectivity index (χ0n) is 14.8. The molecule has 3 nitrogen and oxygen atoms in total. The number of carbonyl (C=O) groups excluding carboxylic acids is 1. The van der Waals surface area contributed by atoms with E-state index in [4.69, 9.17) is 4.74 Å². The standard InChI is InChI=1S/C21H27NO2/c1-21(2,3)18-10-12-19(13-11-18)24-16-15-22-20(23)14-9-17-7-5-4-6-8-17/h4-8,10-13H,9,14-16H2,1-3H3,(H,22,23). The molecule has 24 heavy (non-hydrogen) atoms. The summed E-state index contributed by atoms with van der Waals surface area (Å²) in [7, 11) is 0. The number of carbonyl (C=O) groups is 1. The lowest BCUT2D eigenvalue weighted by molar-refractivity contribution is -0.121. The van der Waals surface area contributed by atoms with Gasteiger partial charge in [0.15, 0.2) is 0 Å². The van der Waals surface area contributed by atoms with Crippen LogP contribution in [-0.4, -0.2) is 19.1 Å². The van der Waals surface area contributed by atoms with Gasteiger partial charge in [0.25, 0.3) is 0 Å². The molecule has 0 heterocycles. The molecular weight excluding hydrogens is 298 g/mol. The van der Waals surface area contributed by atoms with Crippen LogP contribution >= 0.6 is 0 Å². The van der Waals surface area contributed by atoms with Crippen molar-refractivity contribution in [1.82, 2.24) is 5.32 Å². The first kappa shape index (κ1) is 18.1. The lowest BCUT2D eigenvalue weighted by Gasteiger charge is -2.19. The Morgan fingerprint density at radius 1 is 1.00 bits per heavy atom. The maximum Gasteiger partial charge on any atom is 0.220 e. The molecule has 2 rings (SSSR count). The number of hydrogen-bond acceptors (Lipinski definition) is 2. The summed E-state index contributed by atoms with van der Waals surface area (Å²) in [5, 5.41) is 2.89. The van der Waals surface area contributed by atoms with Crippen molar-refractivity contribution in [2.45, 2.75) is 39.0 Å². The zero-order valence-corrected chi connectivity index (χ0v) is 14.8. The Labute approximate surface area is 145 Å². The van der Waals surface area contributed by atoms with Crippen LogP contribution in [0.2, 0.25) is 0 Å². The Morgan fingerprint density at radius 2 is 1.67 bits per heavy atom. The third kappa shape index (κ3) is 6.07. The van der Waals surface area contributed by atoms with Gasteiger partial charge < -0.3 is 10.1 Å². The highest BCUT2D eigenvalue weighted by atomic mass is 16.5. The number of amides is 1. The van der Waals surface area contributed by atoms with Gasteiger partial charge >= 0.3 is 0 Å². The van der Waals surface area contributed by atoms with Gasteiger partial charge in [-0.3, -0.25) is 4.79 Å². The minimum absolute atomic E-state index is 0.0607. The largest absolute Gasteiger partial charge is 0.492 e. The molecule has 128 valence electrons. The van der Waals surface area contributed by atoms with Crippen LogP contribution in [0.15, 0.2) is 54.6 Å². The van der Waals surface area contributed by atoms with Gasteiger partial charge in [0.05, 0.1) is 6.54 Å². The zero-order chi connectivity index (χ0) is 17.4. The average Bonchev–Trinajstić information content (AvgIpc) is 2.57. The van der Waals surface area contributed by atoms with E-state index in [-0.39, 0.29) is 11.3 Å². The van der Waals surface area contributed by atoms with E-state index in [9.17, 15) is 4.79 Å². The molecule has 0 atom stereocenters. The van der Waals surface area contributed by atoms with Gasteiger partial charge in [-0.2, -0.15) is 0 Å². The van der Waals surface area contributed by atoms with Gasteiger partial charge in [-0.05, 0) is 35.1 Å². The second-order valence-corrected chi connectivity index (χ2v) is 6.96. The summed E-state index contributed by atoms with van der Waals surface area (Å²) in [4.78, 5) is 11.8. The van der Waals surface area contributed by atoms with Crippen LogP contribution in [0.5, 0.6) is 5.75 Å². The minimum atomic E-state index is 0.0607. The van der Waals surface area contributed by atoms with E-state index in [2.05, 4.69) is 38.2 Å². The smallest absolute Gasteiger partial charge is 0.220 e. The number of aryl methyl sites for hydroxylation is 1. The van der Waals surface area contributed by atoms with E-state index in [1.807, 2.05) is 42.5 Å². The van der Waals surface area contributed by atoms with Crippen molar-refractivity contribution in [2.24, 2.45) is 0 Å². The fourth-order valence-corrected chi connectivity index (χ4v) is 2.40. The summed E-state index contributed by atoms with van der Waals surface area (Å²) in [6, 6.07) is 18.2. The molecule has 0 aliphatic carbocycles. The van der Waals surface area contributed by atoms with Gasteiger partial charge in [0.2, 0.25) is 5.91 Å². The Morgan fingerprint density at radius 3 is 2.29 bits per heavy atom. The van der Waals surface area contributed by atoms with Crippen LogP contribution in [0.25, 0.3) is 0 Å². The van der Waals surface area contributed by atoms with Crippen LogP contribution in [0.3, 0.4) is 0 Å². The molecule has 0 aliphatic rings. The van der Waals surface area contributed by atoms with Gasteiger partial charge in [-0.25, -0.2) is 0 Å². The highest BCUT2D eigenvalue weighted by molar-refractivity contribution is 5.76. The molecule has 0 saturated carbocycles. The maximum atomic E-state index is 11.8. The number of rotatable bonds is 7. The Balaban J connectivity index is 1.64. The maximum absolute atomic E-state index is 11.8. The normalized spacial score (nSPS) is 11.1. The second-order valence-electron chi connectivity index (χ2n) is 6.96. The molecule has 0 aliphatic heterocycles. The topological polar surface area (TPSA) is 38.3 Å². The Kier molecular flexibility index (Phi) is 6.42. The van der Waals surface area contributed by atoms with Crippen molar-refractivity contribution < 1.29 is 9.53 Å². The first-order chi connectivity index (χ1) is 11.4. The third-order valence-corrected chi connectivity index (χ3v) is 3.90. The summed E-state index contributed by atoms with van der Waals surface area (Å²) >= 11 is 0. The van der Waals surface area contributed by atoms with Crippen LogP contribution < -0.4 is 10.1 Å². The molecular formula is C21H27NO2. The van der Waals surface area contributed by atoms with E-state index in [1.165, 1.54) is 11.1 Å². The van der Waals surface area contributed by atoms with E-state index in [0.29, 0.717) is 19.6 Å². The SMILES string of the molecule is CC(C)(C)c1ccc(OCCNC(=O)CCc2ccccc2)cc1. The van der Waals surface area contributed by atoms with Crippen molar-refractivity contribution >= 4 is 5.91 Å². The highest BCUT2D eigenvalue weighted by Crippen LogP contribution is 2.24. The van der Waals surface area contributed by atoms with E-state index >= 15 is 0 Å². The molecule has 0 unspecified atom stereocenters. The van der Waals surface area contributed by atoms with Crippen molar-refractivity contribution in [3.05, 3.63) is 65.7 Å². The number of ether oxygens (including phenoxy) is 1. The second kappa shape index (κ2) is 8.53. The van der Waals surface area contributed by atoms with Gasteiger partial charge in [-0.15, -0.1) is 0 Å². The molecule has 0 aromatic heterocycles. The van der Waals surface area contributed by atoms with Crippen molar-refractivity contribution in [1.29, 1.82) is 0 Å². The molecule has 1 N–H and O–H groups in total. The van der Waals surface area contributed by atoms with Gasteiger partial charge in [0, 0.05) is 6.42 Å². The first-order valence-corrected chi connectivity index (χ1v) is 8.49. The average molecular weight is 325 g/mol. The highest BCUT2D eigenvalue weighted by Gasteiger charge is 2.12. The predicted molar refractivity (Wildman–Crippen MR) is 98.4 cm³/mol. The quantitative estimate of drug-likeness (QED) is 0.778. The molecule has 0 bridgehead atoms. The van der Waals surface area contributed by atoms with Crippen molar-refractivity contribution in [3.8, 4) is 5.75 Å². The molecule has 3 heteroatoms. The van der Waals surface area contributed by atoms with Crippen LogP contribution in [0, 0.1) is 0 Å². The predicted octanol–water partition coefficient (Wildman–Crippen LogP) is 4.11. The molecule has 1 amide bonds. The summed E-state index contributed by atoms with van der Waals surface area (Å²) < 4.78 is 5.67. The van der Waals surface area contributed by atoms with E-state index < -0.39 is 0 Å². The van der Waals surface area contributed by atoms with Crippen molar-refractivity contribution in [3.63, 3.8) is 0 Å². The summed E-state index contributed by atoms with van der Waals surface area (Å²) in [5.74, 6) is 0.895. The third-order valence-electron chi connectivity index (χ3n) is 3.90.